The summed E-state index contributed by atoms with van der Waals surface area (Å²) in [7, 11) is 0. The Kier molecular flexibility index (Phi) is 4.67. The molecule has 2 atom stereocenters. The highest BCUT2D eigenvalue weighted by Crippen LogP contribution is 2.11. The summed E-state index contributed by atoms with van der Waals surface area (Å²) in [6, 6.07) is 4.77. The highest BCUT2D eigenvalue weighted by Gasteiger charge is 2.24. The number of carbonyl (C=O) groups is 2. The molecule has 18 heavy (non-hydrogen) atoms. The number of carboxylic acid groups (broad SMARTS) is 1. The first-order chi connectivity index (χ1) is 8.40. The van der Waals surface area contributed by atoms with E-state index in [1.807, 2.05) is 0 Å². The fourth-order valence-corrected chi connectivity index (χ4v) is 1.46. The third-order valence-electron chi connectivity index (χ3n) is 2.34. The average Bonchev–Trinajstić information content (AvgIpc) is 2.25. The van der Waals surface area contributed by atoms with E-state index in [4.69, 9.17) is 5.11 Å². The molecule has 0 aliphatic carbocycles. The number of carbonyl (C=O) groups excluding carboxylic acids is 1. The molecular weight excluding hydrogens is 238 g/mol. The van der Waals surface area contributed by atoms with Crippen LogP contribution in [0.3, 0.4) is 0 Å². The van der Waals surface area contributed by atoms with Gasteiger partial charge < -0.3 is 20.6 Å². The van der Waals surface area contributed by atoms with Crippen molar-refractivity contribution in [2.75, 3.05) is 0 Å². The summed E-state index contributed by atoms with van der Waals surface area (Å²) in [5.41, 5.74) is 0.558. The zero-order valence-corrected chi connectivity index (χ0v) is 9.83. The Bertz CT molecular complexity index is 444. The molecule has 2 unspecified atom stereocenters. The summed E-state index contributed by atoms with van der Waals surface area (Å²) in [6.07, 6.45) is -1.25. The number of phenols is 1. The van der Waals surface area contributed by atoms with E-state index in [0.29, 0.717) is 5.56 Å². The Labute approximate surface area is 104 Å². The Balaban J connectivity index is 2.63. The lowest BCUT2D eigenvalue weighted by Gasteiger charge is -2.16. The molecule has 98 valence electrons. The van der Waals surface area contributed by atoms with Crippen LogP contribution >= 0.6 is 0 Å². The van der Waals surface area contributed by atoms with Crippen LogP contribution < -0.4 is 5.32 Å². The van der Waals surface area contributed by atoms with Crippen LogP contribution in [0.2, 0.25) is 0 Å². The Morgan fingerprint density at radius 3 is 2.56 bits per heavy atom. The summed E-state index contributed by atoms with van der Waals surface area (Å²) in [5, 5.41) is 29.4. The Morgan fingerprint density at radius 2 is 2.06 bits per heavy atom. The third kappa shape index (κ3) is 4.06. The smallest absolute Gasteiger partial charge is 0.328 e. The summed E-state index contributed by atoms with van der Waals surface area (Å²) < 4.78 is 0. The van der Waals surface area contributed by atoms with E-state index >= 15 is 0 Å². The maximum Gasteiger partial charge on any atom is 0.328 e. The van der Waals surface area contributed by atoms with Crippen LogP contribution in [-0.4, -0.2) is 39.3 Å². The molecule has 1 rings (SSSR count). The van der Waals surface area contributed by atoms with Gasteiger partial charge in [0.15, 0.2) is 6.04 Å². The number of aromatic hydroxyl groups is 1. The number of hydrogen-bond donors (Lipinski definition) is 4. The Morgan fingerprint density at radius 1 is 1.39 bits per heavy atom. The summed E-state index contributed by atoms with van der Waals surface area (Å²) >= 11 is 0. The first-order valence-electron chi connectivity index (χ1n) is 5.38. The minimum absolute atomic E-state index is 0.0330. The van der Waals surface area contributed by atoms with E-state index in [9.17, 15) is 19.8 Å². The maximum absolute atomic E-state index is 11.6. The van der Waals surface area contributed by atoms with E-state index in [1.54, 1.807) is 12.1 Å². The molecule has 0 bridgehead atoms. The summed E-state index contributed by atoms with van der Waals surface area (Å²) in [6.45, 7) is 1.29. The molecule has 1 aromatic carbocycles. The van der Waals surface area contributed by atoms with Crippen LogP contribution in [0.15, 0.2) is 24.3 Å². The minimum atomic E-state index is -1.34. The molecule has 6 heteroatoms. The number of hydrogen-bond acceptors (Lipinski definition) is 4. The maximum atomic E-state index is 11.6. The largest absolute Gasteiger partial charge is 0.508 e. The van der Waals surface area contributed by atoms with Crippen molar-refractivity contribution in [2.45, 2.75) is 25.5 Å². The minimum Gasteiger partial charge on any atom is -0.508 e. The lowest BCUT2D eigenvalue weighted by molar-refractivity contribution is -0.144. The molecule has 1 aromatic rings. The quantitative estimate of drug-likeness (QED) is 0.585. The number of aliphatic hydroxyl groups is 1. The molecule has 0 heterocycles. The van der Waals surface area contributed by atoms with Gasteiger partial charge in [-0.1, -0.05) is 12.1 Å². The van der Waals surface area contributed by atoms with E-state index in [1.165, 1.54) is 19.1 Å². The number of nitrogens with one attached hydrogen (secondary N) is 1. The van der Waals surface area contributed by atoms with Crippen LogP contribution in [0.25, 0.3) is 0 Å². The lowest BCUT2D eigenvalue weighted by atomic mass is 10.1. The number of aliphatic carboxylic acids is 1. The van der Waals surface area contributed by atoms with Crippen LogP contribution in [0.1, 0.15) is 12.5 Å². The van der Waals surface area contributed by atoms with Gasteiger partial charge in [0.25, 0.3) is 0 Å². The van der Waals surface area contributed by atoms with Crippen molar-refractivity contribution in [3.63, 3.8) is 0 Å². The third-order valence-corrected chi connectivity index (χ3v) is 2.34. The molecular formula is C12H15NO5. The van der Waals surface area contributed by atoms with Gasteiger partial charge in [0.2, 0.25) is 5.91 Å². The molecule has 0 spiro atoms. The monoisotopic (exact) mass is 253 g/mol. The number of amides is 1. The molecule has 0 aromatic heterocycles. The fourth-order valence-electron chi connectivity index (χ4n) is 1.46. The summed E-state index contributed by atoms with van der Waals surface area (Å²) in [5.74, 6) is -1.80. The van der Waals surface area contributed by atoms with Gasteiger partial charge in [-0.15, -0.1) is 0 Å². The topological polar surface area (TPSA) is 107 Å². The van der Waals surface area contributed by atoms with Crippen LogP contribution in [0.5, 0.6) is 5.75 Å². The van der Waals surface area contributed by atoms with Crippen molar-refractivity contribution < 1.29 is 24.9 Å². The molecule has 0 radical (unpaired) electrons. The number of rotatable bonds is 5. The average molecular weight is 253 g/mol. The lowest BCUT2D eigenvalue weighted by Crippen LogP contribution is -2.48. The molecule has 0 aliphatic rings. The van der Waals surface area contributed by atoms with Gasteiger partial charge in [-0.05, 0) is 24.6 Å². The molecule has 6 nitrogen and oxygen atoms in total. The second-order valence-corrected chi connectivity index (χ2v) is 3.97. The van der Waals surface area contributed by atoms with Gasteiger partial charge in [-0.25, -0.2) is 4.79 Å². The predicted molar refractivity (Wildman–Crippen MR) is 63.1 cm³/mol. The van der Waals surface area contributed by atoms with Gasteiger partial charge in [0.05, 0.1) is 12.5 Å². The van der Waals surface area contributed by atoms with Crippen molar-refractivity contribution in [3.8, 4) is 5.75 Å². The zero-order chi connectivity index (χ0) is 13.7. The highest BCUT2D eigenvalue weighted by atomic mass is 16.4. The van der Waals surface area contributed by atoms with Crippen molar-refractivity contribution >= 4 is 11.9 Å². The van der Waals surface area contributed by atoms with E-state index in [2.05, 4.69) is 5.32 Å². The summed E-state index contributed by atoms with van der Waals surface area (Å²) in [4.78, 5) is 22.3. The Hall–Kier alpha value is -2.08. The van der Waals surface area contributed by atoms with E-state index < -0.39 is 24.0 Å². The molecule has 0 saturated carbocycles. The first kappa shape index (κ1) is 14.0. The molecule has 0 saturated heterocycles. The van der Waals surface area contributed by atoms with Gasteiger partial charge in [-0.2, -0.15) is 0 Å². The van der Waals surface area contributed by atoms with Crippen LogP contribution in [0.4, 0.5) is 0 Å². The van der Waals surface area contributed by atoms with Crippen molar-refractivity contribution in [3.05, 3.63) is 29.8 Å². The van der Waals surface area contributed by atoms with Gasteiger partial charge in [0, 0.05) is 0 Å². The van der Waals surface area contributed by atoms with Crippen molar-refractivity contribution in [1.29, 1.82) is 0 Å². The zero-order valence-electron chi connectivity index (χ0n) is 9.83. The molecule has 0 aliphatic heterocycles. The normalized spacial score (nSPS) is 13.7. The van der Waals surface area contributed by atoms with Gasteiger partial charge >= 0.3 is 5.97 Å². The second-order valence-electron chi connectivity index (χ2n) is 3.97. The molecule has 1 amide bonds. The highest BCUT2D eigenvalue weighted by molar-refractivity contribution is 5.85. The van der Waals surface area contributed by atoms with Gasteiger partial charge in [0.1, 0.15) is 5.75 Å². The number of benzene rings is 1. The first-order valence-corrected chi connectivity index (χ1v) is 5.38. The van der Waals surface area contributed by atoms with E-state index in [-0.39, 0.29) is 12.2 Å². The standard InChI is InChI=1S/C12H15NO5/c1-7(14)11(12(17)18)13-10(16)6-8-3-2-4-9(15)5-8/h2-5,7,11,14-15H,6H2,1H3,(H,13,16)(H,17,18). The molecule has 0 fully saturated rings. The SMILES string of the molecule is CC(O)C(NC(=O)Cc1cccc(O)c1)C(=O)O. The van der Waals surface area contributed by atoms with Crippen molar-refractivity contribution in [2.24, 2.45) is 0 Å². The van der Waals surface area contributed by atoms with Crippen molar-refractivity contribution in [1.82, 2.24) is 5.32 Å². The van der Waals surface area contributed by atoms with Crippen LogP contribution in [-0.2, 0) is 16.0 Å². The van der Waals surface area contributed by atoms with Gasteiger partial charge in [-0.3, -0.25) is 4.79 Å². The van der Waals surface area contributed by atoms with Crippen LogP contribution in [0, 0.1) is 0 Å². The predicted octanol–water partition coefficient (Wildman–Crippen LogP) is -0.115. The van der Waals surface area contributed by atoms with E-state index in [0.717, 1.165) is 0 Å². The fraction of sp³-hybridized carbons (Fsp3) is 0.333. The number of phenolic OH excluding ortho intramolecular Hbond substituents is 1. The number of carboxylic acids is 1. The second kappa shape index (κ2) is 6.02. The molecule has 4 N–H and O–H groups in total. The number of aliphatic hydroxyl groups excluding tert-OH is 1.